The molecule has 0 aliphatic heterocycles. The zero-order chi connectivity index (χ0) is 17.7. The van der Waals surface area contributed by atoms with Crippen molar-refractivity contribution < 1.29 is 9.53 Å². The zero-order valence-corrected chi connectivity index (χ0v) is 15.0. The maximum atomic E-state index is 12.2. The third-order valence-electron chi connectivity index (χ3n) is 3.93. The molecular weight excluding hydrogens is 304 g/mol. The van der Waals surface area contributed by atoms with Crippen LogP contribution in [0.25, 0.3) is 11.4 Å². The van der Waals surface area contributed by atoms with Gasteiger partial charge in [-0.05, 0) is 39.3 Å². The molecule has 130 valence electrons. The van der Waals surface area contributed by atoms with E-state index in [9.17, 15) is 4.79 Å². The molecule has 1 aromatic carbocycles. The van der Waals surface area contributed by atoms with Gasteiger partial charge in [-0.1, -0.05) is 12.1 Å². The van der Waals surface area contributed by atoms with Crippen molar-refractivity contribution in [3.05, 3.63) is 36.7 Å². The van der Waals surface area contributed by atoms with E-state index in [1.54, 1.807) is 13.3 Å². The van der Waals surface area contributed by atoms with Crippen molar-refractivity contribution in [1.29, 1.82) is 0 Å². The number of imidazole rings is 1. The first-order chi connectivity index (χ1) is 11.3. The van der Waals surface area contributed by atoms with E-state index >= 15 is 0 Å². The van der Waals surface area contributed by atoms with Crippen molar-refractivity contribution in [3.63, 3.8) is 0 Å². The molecule has 2 rings (SSSR count). The number of carbonyl (C=O) groups excluding carboxylic acids is 1. The van der Waals surface area contributed by atoms with Crippen LogP contribution in [0.1, 0.15) is 27.2 Å². The van der Waals surface area contributed by atoms with Gasteiger partial charge in [0, 0.05) is 43.8 Å². The van der Waals surface area contributed by atoms with Gasteiger partial charge in [-0.25, -0.2) is 9.78 Å². The number of benzene rings is 1. The highest BCUT2D eigenvalue weighted by Crippen LogP contribution is 2.21. The third kappa shape index (κ3) is 4.83. The Balaban J connectivity index is 1.99. The number of aromatic nitrogens is 2. The molecule has 2 amide bonds. The Bertz CT molecular complexity index is 694. The molecular formula is C18H26N4O2. The number of anilines is 1. The second kappa shape index (κ2) is 7.49. The lowest BCUT2D eigenvalue weighted by Gasteiger charge is -2.27. The normalized spacial score (nSPS) is 12.7. The average Bonchev–Trinajstić information content (AvgIpc) is 2.92. The summed E-state index contributed by atoms with van der Waals surface area (Å²) in [5, 5.41) is 5.80. The number of nitrogens with one attached hydrogen (secondary N) is 2. The summed E-state index contributed by atoms with van der Waals surface area (Å²) >= 11 is 0. The van der Waals surface area contributed by atoms with Gasteiger partial charge in [0.15, 0.2) is 0 Å². The van der Waals surface area contributed by atoms with Gasteiger partial charge in [-0.2, -0.15) is 0 Å². The van der Waals surface area contributed by atoms with E-state index in [2.05, 4.69) is 15.6 Å². The van der Waals surface area contributed by atoms with E-state index in [1.807, 2.05) is 62.8 Å². The fourth-order valence-electron chi connectivity index (χ4n) is 2.64. The van der Waals surface area contributed by atoms with Crippen molar-refractivity contribution in [3.8, 4) is 11.4 Å². The van der Waals surface area contributed by atoms with Crippen LogP contribution in [0.3, 0.4) is 0 Å². The minimum Gasteiger partial charge on any atom is -0.379 e. The third-order valence-corrected chi connectivity index (χ3v) is 3.93. The number of aryl methyl sites for hydroxylation is 1. The number of ether oxygens (including phenoxy) is 1. The highest BCUT2D eigenvalue weighted by Gasteiger charge is 2.21. The van der Waals surface area contributed by atoms with Crippen LogP contribution in [-0.2, 0) is 11.8 Å². The molecule has 6 nitrogen and oxygen atoms in total. The number of nitrogens with zero attached hydrogens (tertiary/aromatic N) is 2. The molecule has 0 aliphatic carbocycles. The van der Waals surface area contributed by atoms with Crippen LogP contribution in [0, 0.1) is 0 Å². The summed E-state index contributed by atoms with van der Waals surface area (Å²) in [4.78, 5) is 16.5. The van der Waals surface area contributed by atoms with Crippen LogP contribution in [0.5, 0.6) is 0 Å². The molecule has 0 saturated heterocycles. The van der Waals surface area contributed by atoms with Gasteiger partial charge in [-0.15, -0.1) is 0 Å². The first kappa shape index (κ1) is 18.0. The predicted molar refractivity (Wildman–Crippen MR) is 96.0 cm³/mol. The Morgan fingerprint density at radius 2 is 2.17 bits per heavy atom. The van der Waals surface area contributed by atoms with Gasteiger partial charge < -0.3 is 19.9 Å². The second-order valence-corrected chi connectivity index (χ2v) is 6.61. The second-order valence-electron chi connectivity index (χ2n) is 6.61. The smallest absolute Gasteiger partial charge is 0.319 e. The molecule has 0 saturated carbocycles. The van der Waals surface area contributed by atoms with Crippen LogP contribution in [0.2, 0.25) is 0 Å². The molecule has 2 N–H and O–H groups in total. The predicted octanol–water partition coefficient (Wildman–Crippen LogP) is 3.41. The number of amides is 2. The number of rotatable bonds is 6. The first-order valence-electron chi connectivity index (χ1n) is 8.01. The standard InChI is InChI=1S/C18H26N4O2/c1-13(12-18(2,3)24-5)20-17(23)21-15-8-6-7-14(11-15)16-19-9-10-22(16)4/h6-11,13H,12H2,1-5H3,(H2,20,21,23). The van der Waals surface area contributed by atoms with Crippen LogP contribution in [-0.4, -0.2) is 34.3 Å². The minimum atomic E-state index is -0.273. The summed E-state index contributed by atoms with van der Waals surface area (Å²) in [7, 11) is 3.62. The number of methoxy groups -OCH3 is 1. The molecule has 1 heterocycles. The van der Waals surface area contributed by atoms with Crippen molar-refractivity contribution in [2.45, 2.75) is 38.8 Å². The van der Waals surface area contributed by atoms with Gasteiger partial charge in [0.1, 0.15) is 5.82 Å². The average molecular weight is 330 g/mol. The van der Waals surface area contributed by atoms with E-state index in [0.717, 1.165) is 23.5 Å². The summed E-state index contributed by atoms with van der Waals surface area (Å²) in [5.41, 5.74) is 1.41. The molecule has 6 heteroatoms. The summed E-state index contributed by atoms with van der Waals surface area (Å²) in [6.45, 7) is 5.96. The maximum Gasteiger partial charge on any atom is 0.319 e. The lowest BCUT2D eigenvalue weighted by atomic mass is 10.00. The first-order valence-corrected chi connectivity index (χ1v) is 8.01. The molecule has 0 bridgehead atoms. The van der Waals surface area contributed by atoms with Gasteiger partial charge in [0.05, 0.1) is 5.60 Å². The monoisotopic (exact) mass is 330 g/mol. The molecule has 1 aromatic heterocycles. The van der Waals surface area contributed by atoms with Crippen molar-refractivity contribution in [2.75, 3.05) is 12.4 Å². The molecule has 24 heavy (non-hydrogen) atoms. The number of carbonyl (C=O) groups is 1. The van der Waals surface area contributed by atoms with Crippen LogP contribution >= 0.6 is 0 Å². The van der Waals surface area contributed by atoms with Crippen LogP contribution < -0.4 is 10.6 Å². The molecule has 0 fully saturated rings. The van der Waals surface area contributed by atoms with Crippen LogP contribution in [0.15, 0.2) is 36.7 Å². The number of hydrogen-bond donors (Lipinski definition) is 2. The molecule has 0 aliphatic rings. The SMILES string of the molecule is COC(C)(C)CC(C)NC(=O)Nc1cccc(-c2nccn2C)c1. The van der Waals surface area contributed by atoms with Crippen LogP contribution in [0.4, 0.5) is 10.5 Å². The van der Waals surface area contributed by atoms with E-state index < -0.39 is 0 Å². The molecule has 1 atom stereocenters. The lowest BCUT2D eigenvalue weighted by molar-refractivity contribution is 0.00963. The lowest BCUT2D eigenvalue weighted by Crippen LogP contribution is -2.40. The van der Waals surface area contributed by atoms with Crippen molar-refractivity contribution >= 4 is 11.7 Å². The fraction of sp³-hybridized carbons (Fsp3) is 0.444. The zero-order valence-electron chi connectivity index (χ0n) is 15.0. The van der Waals surface area contributed by atoms with Gasteiger partial charge >= 0.3 is 6.03 Å². The van der Waals surface area contributed by atoms with Gasteiger partial charge in [0.25, 0.3) is 0 Å². The highest BCUT2D eigenvalue weighted by atomic mass is 16.5. The van der Waals surface area contributed by atoms with E-state index in [-0.39, 0.29) is 17.7 Å². The van der Waals surface area contributed by atoms with E-state index in [4.69, 9.17) is 4.74 Å². The van der Waals surface area contributed by atoms with Crippen molar-refractivity contribution in [2.24, 2.45) is 7.05 Å². The molecule has 0 radical (unpaired) electrons. The Hall–Kier alpha value is -2.34. The number of urea groups is 1. The summed E-state index contributed by atoms with van der Waals surface area (Å²) in [6, 6.07) is 7.40. The fourth-order valence-corrected chi connectivity index (χ4v) is 2.64. The molecule has 2 aromatic rings. The van der Waals surface area contributed by atoms with Gasteiger partial charge in [0.2, 0.25) is 0 Å². The summed E-state index contributed by atoms with van der Waals surface area (Å²) in [5.74, 6) is 0.856. The Morgan fingerprint density at radius 1 is 1.42 bits per heavy atom. The van der Waals surface area contributed by atoms with Gasteiger partial charge in [-0.3, -0.25) is 0 Å². The minimum absolute atomic E-state index is 0.00215. The molecule has 0 spiro atoms. The van der Waals surface area contributed by atoms with E-state index in [1.165, 1.54) is 0 Å². The largest absolute Gasteiger partial charge is 0.379 e. The maximum absolute atomic E-state index is 12.2. The quantitative estimate of drug-likeness (QED) is 0.853. The Labute approximate surface area is 143 Å². The summed E-state index contributed by atoms with van der Waals surface area (Å²) < 4.78 is 7.33. The Kier molecular flexibility index (Phi) is 5.62. The van der Waals surface area contributed by atoms with Crippen molar-refractivity contribution in [1.82, 2.24) is 14.9 Å². The van der Waals surface area contributed by atoms with E-state index in [0.29, 0.717) is 0 Å². The topological polar surface area (TPSA) is 68.2 Å². The molecule has 1 unspecified atom stereocenters. The highest BCUT2D eigenvalue weighted by molar-refractivity contribution is 5.90. The summed E-state index contributed by atoms with van der Waals surface area (Å²) in [6.07, 6.45) is 4.37. The Morgan fingerprint density at radius 3 is 2.79 bits per heavy atom. The number of hydrogen-bond acceptors (Lipinski definition) is 3.